The predicted molar refractivity (Wildman–Crippen MR) is 120 cm³/mol. The van der Waals surface area contributed by atoms with E-state index in [0.717, 1.165) is 11.3 Å². The molecule has 1 spiro atoms. The summed E-state index contributed by atoms with van der Waals surface area (Å²) in [5.74, 6) is 1.66. The first-order valence-electron chi connectivity index (χ1n) is 10.8. The zero-order chi connectivity index (χ0) is 22.2. The summed E-state index contributed by atoms with van der Waals surface area (Å²) in [7, 11) is 0. The van der Waals surface area contributed by atoms with Gasteiger partial charge in [0, 0.05) is 31.0 Å². The zero-order valence-corrected chi connectivity index (χ0v) is 18.9. The summed E-state index contributed by atoms with van der Waals surface area (Å²) in [5, 5.41) is 0.528. The van der Waals surface area contributed by atoms with Crippen molar-refractivity contribution in [3.63, 3.8) is 0 Å². The molecular formula is C25H28ClNO4. The van der Waals surface area contributed by atoms with E-state index in [0.29, 0.717) is 54.6 Å². The molecule has 2 aliphatic rings. The SMILES string of the molecule is CC(Oc1ccccc1C(C)C)C(=O)N1CCC2(CC1)CC(=O)c1cc(Cl)ccc1O2. The highest BCUT2D eigenvalue weighted by molar-refractivity contribution is 6.31. The van der Waals surface area contributed by atoms with Crippen LogP contribution >= 0.6 is 11.6 Å². The van der Waals surface area contributed by atoms with Crippen LogP contribution in [0.3, 0.4) is 0 Å². The van der Waals surface area contributed by atoms with Gasteiger partial charge in [-0.3, -0.25) is 9.59 Å². The van der Waals surface area contributed by atoms with Crippen LogP contribution in [0.5, 0.6) is 11.5 Å². The Morgan fingerprint density at radius 2 is 1.84 bits per heavy atom. The van der Waals surface area contributed by atoms with Crippen LogP contribution in [0.4, 0.5) is 0 Å². The molecule has 6 heteroatoms. The molecule has 1 amide bonds. The Kier molecular flexibility index (Phi) is 5.98. The standard InChI is InChI=1S/C25H28ClNO4/c1-16(2)19-6-4-5-7-22(19)30-17(3)24(29)27-12-10-25(11-13-27)15-21(28)20-14-18(26)8-9-23(20)31-25/h4-9,14,16-17H,10-13,15H2,1-3H3. The third-order valence-corrected chi connectivity index (χ3v) is 6.47. The van der Waals surface area contributed by atoms with Gasteiger partial charge in [0.25, 0.3) is 5.91 Å². The molecular weight excluding hydrogens is 414 g/mol. The molecule has 1 atom stereocenters. The Morgan fingerprint density at radius 3 is 2.55 bits per heavy atom. The number of carbonyl (C=O) groups excluding carboxylic acids is 2. The number of likely N-dealkylation sites (tertiary alicyclic amines) is 1. The Bertz CT molecular complexity index is 995. The second kappa shape index (κ2) is 8.54. The van der Waals surface area contributed by atoms with Gasteiger partial charge < -0.3 is 14.4 Å². The number of para-hydroxylation sites is 1. The fourth-order valence-corrected chi connectivity index (χ4v) is 4.61. The van der Waals surface area contributed by atoms with Gasteiger partial charge in [0.15, 0.2) is 11.9 Å². The van der Waals surface area contributed by atoms with Gasteiger partial charge in [0.05, 0.1) is 12.0 Å². The smallest absolute Gasteiger partial charge is 0.263 e. The maximum Gasteiger partial charge on any atom is 0.263 e. The third-order valence-electron chi connectivity index (χ3n) is 6.23. The number of ketones is 1. The van der Waals surface area contributed by atoms with Crippen LogP contribution in [0.15, 0.2) is 42.5 Å². The number of benzene rings is 2. The number of hydrogen-bond acceptors (Lipinski definition) is 4. The highest BCUT2D eigenvalue weighted by atomic mass is 35.5. The Morgan fingerprint density at radius 1 is 1.13 bits per heavy atom. The van der Waals surface area contributed by atoms with E-state index >= 15 is 0 Å². The van der Waals surface area contributed by atoms with Crippen molar-refractivity contribution in [2.45, 2.75) is 57.7 Å². The van der Waals surface area contributed by atoms with Gasteiger partial charge in [-0.1, -0.05) is 43.6 Å². The molecule has 31 heavy (non-hydrogen) atoms. The number of fused-ring (bicyclic) bond motifs is 1. The summed E-state index contributed by atoms with van der Waals surface area (Å²) < 4.78 is 12.3. The van der Waals surface area contributed by atoms with Gasteiger partial charge in [0.2, 0.25) is 0 Å². The van der Waals surface area contributed by atoms with Crippen molar-refractivity contribution in [1.29, 1.82) is 0 Å². The van der Waals surface area contributed by atoms with Crippen LogP contribution in [0.1, 0.15) is 61.9 Å². The zero-order valence-electron chi connectivity index (χ0n) is 18.2. The number of amides is 1. The highest BCUT2D eigenvalue weighted by Gasteiger charge is 2.44. The normalized spacial score (nSPS) is 18.5. The summed E-state index contributed by atoms with van der Waals surface area (Å²) in [6.45, 7) is 7.08. The molecule has 0 bridgehead atoms. The number of rotatable bonds is 4. The second-order valence-corrected chi connectivity index (χ2v) is 9.24. The molecule has 0 saturated carbocycles. The Labute approximate surface area is 188 Å². The minimum atomic E-state index is -0.578. The second-order valence-electron chi connectivity index (χ2n) is 8.80. The number of carbonyl (C=O) groups is 2. The minimum Gasteiger partial charge on any atom is -0.486 e. The van der Waals surface area contributed by atoms with Crippen LogP contribution < -0.4 is 9.47 Å². The van der Waals surface area contributed by atoms with Crippen molar-refractivity contribution in [2.75, 3.05) is 13.1 Å². The van der Waals surface area contributed by atoms with Gasteiger partial charge in [-0.15, -0.1) is 0 Å². The van der Waals surface area contributed by atoms with E-state index in [-0.39, 0.29) is 11.7 Å². The van der Waals surface area contributed by atoms with Crippen molar-refractivity contribution >= 4 is 23.3 Å². The number of halogens is 1. The van der Waals surface area contributed by atoms with E-state index in [4.69, 9.17) is 21.1 Å². The summed E-state index contributed by atoms with van der Waals surface area (Å²) >= 11 is 6.02. The number of piperidine rings is 1. The summed E-state index contributed by atoms with van der Waals surface area (Å²) in [6.07, 6.45) is 0.964. The molecule has 0 aliphatic carbocycles. The average molecular weight is 442 g/mol. The van der Waals surface area contributed by atoms with Gasteiger partial charge in [-0.05, 0) is 42.7 Å². The van der Waals surface area contributed by atoms with Gasteiger partial charge in [-0.25, -0.2) is 0 Å². The van der Waals surface area contributed by atoms with Crippen molar-refractivity contribution in [1.82, 2.24) is 4.90 Å². The molecule has 4 rings (SSSR count). The monoisotopic (exact) mass is 441 g/mol. The molecule has 1 saturated heterocycles. The molecule has 2 aromatic rings. The first kappa shape index (κ1) is 21.7. The van der Waals surface area contributed by atoms with Crippen LogP contribution in [0.2, 0.25) is 5.02 Å². The molecule has 1 fully saturated rings. The van der Waals surface area contributed by atoms with Crippen LogP contribution in [-0.4, -0.2) is 41.4 Å². The molecule has 5 nitrogen and oxygen atoms in total. The molecule has 2 aromatic carbocycles. The Hall–Kier alpha value is -2.53. The summed E-state index contributed by atoms with van der Waals surface area (Å²) in [6, 6.07) is 13.0. The number of Topliss-reactive ketones (excluding diaryl/α,β-unsaturated/α-hetero) is 1. The molecule has 164 valence electrons. The molecule has 2 aliphatic heterocycles. The topological polar surface area (TPSA) is 55.8 Å². The van der Waals surface area contributed by atoms with E-state index in [2.05, 4.69) is 13.8 Å². The van der Waals surface area contributed by atoms with Crippen molar-refractivity contribution in [3.05, 3.63) is 58.6 Å². The first-order valence-corrected chi connectivity index (χ1v) is 11.2. The lowest BCUT2D eigenvalue weighted by molar-refractivity contribution is -0.141. The molecule has 2 heterocycles. The largest absolute Gasteiger partial charge is 0.486 e. The lowest BCUT2D eigenvalue weighted by atomic mass is 9.82. The van der Waals surface area contributed by atoms with Gasteiger partial charge >= 0.3 is 0 Å². The highest BCUT2D eigenvalue weighted by Crippen LogP contribution is 2.40. The van der Waals surface area contributed by atoms with Crippen LogP contribution in [0.25, 0.3) is 0 Å². The quantitative estimate of drug-likeness (QED) is 0.649. The number of hydrogen-bond donors (Lipinski definition) is 0. The van der Waals surface area contributed by atoms with E-state index in [1.807, 2.05) is 29.2 Å². The van der Waals surface area contributed by atoms with Crippen LogP contribution in [0, 0.1) is 0 Å². The molecule has 0 N–H and O–H groups in total. The average Bonchev–Trinajstić information content (AvgIpc) is 2.74. The van der Waals surface area contributed by atoms with Crippen molar-refractivity contribution < 1.29 is 19.1 Å². The molecule has 1 unspecified atom stereocenters. The lowest BCUT2D eigenvalue weighted by Crippen LogP contribution is -2.54. The Balaban J connectivity index is 1.40. The third kappa shape index (κ3) is 4.42. The number of ether oxygens (including phenoxy) is 2. The maximum absolute atomic E-state index is 13.0. The van der Waals surface area contributed by atoms with E-state index < -0.39 is 11.7 Å². The van der Waals surface area contributed by atoms with E-state index in [1.165, 1.54) is 0 Å². The van der Waals surface area contributed by atoms with Gasteiger partial charge in [-0.2, -0.15) is 0 Å². The summed E-state index contributed by atoms with van der Waals surface area (Å²) in [5.41, 5.74) is 1.08. The van der Waals surface area contributed by atoms with Crippen LogP contribution in [-0.2, 0) is 4.79 Å². The fourth-order valence-electron chi connectivity index (χ4n) is 4.44. The fraction of sp³-hybridized carbons (Fsp3) is 0.440. The number of nitrogens with zero attached hydrogens (tertiary/aromatic N) is 1. The lowest BCUT2D eigenvalue weighted by Gasteiger charge is -2.44. The van der Waals surface area contributed by atoms with Crippen molar-refractivity contribution in [2.24, 2.45) is 0 Å². The van der Waals surface area contributed by atoms with Gasteiger partial charge in [0.1, 0.15) is 17.1 Å². The molecule has 0 aromatic heterocycles. The first-order chi connectivity index (χ1) is 14.8. The minimum absolute atomic E-state index is 0.0391. The molecule has 0 radical (unpaired) electrons. The van der Waals surface area contributed by atoms with Crippen molar-refractivity contribution in [3.8, 4) is 11.5 Å². The van der Waals surface area contributed by atoms with E-state index in [1.54, 1.807) is 25.1 Å². The maximum atomic E-state index is 13.0. The predicted octanol–water partition coefficient (Wildman–Crippen LogP) is 5.26. The van der Waals surface area contributed by atoms with E-state index in [9.17, 15) is 9.59 Å². The summed E-state index contributed by atoms with van der Waals surface area (Å²) in [4.78, 5) is 27.5.